The summed E-state index contributed by atoms with van der Waals surface area (Å²) >= 11 is 0. The van der Waals surface area contributed by atoms with Gasteiger partial charge in [-0.3, -0.25) is 4.79 Å². The molecule has 1 amide bonds. The normalized spacial score (nSPS) is 12.2. The molecule has 1 heterocycles. The summed E-state index contributed by atoms with van der Waals surface area (Å²) in [6.45, 7) is 4.21. The van der Waals surface area contributed by atoms with Crippen molar-refractivity contribution >= 4 is 5.91 Å². The molecule has 1 aromatic carbocycles. The van der Waals surface area contributed by atoms with Crippen molar-refractivity contribution < 1.29 is 13.7 Å². The van der Waals surface area contributed by atoms with E-state index in [1.54, 1.807) is 19.1 Å². The van der Waals surface area contributed by atoms with Crippen LogP contribution in [-0.4, -0.2) is 28.6 Å². The standard InChI is InChI=1S/C18H25FN4O2/c1-3-4-5-14(11-20)21-16(24)8-9-17-22-18(23-25-17)13-7-6-12(2)15(19)10-13/h6-7,10,14H,3-5,8-9,11,20H2,1-2H3,(H,21,24). The van der Waals surface area contributed by atoms with E-state index in [1.807, 2.05) is 0 Å². The molecule has 2 rings (SSSR count). The fourth-order valence-corrected chi connectivity index (χ4v) is 2.43. The number of nitrogens with one attached hydrogen (secondary N) is 1. The predicted molar refractivity (Wildman–Crippen MR) is 93.3 cm³/mol. The van der Waals surface area contributed by atoms with Crippen molar-refractivity contribution in [3.63, 3.8) is 0 Å². The average Bonchev–Trinajstić information content (AvgIpc) is 3.08. The van der Waals surface area contributed by atoms with Crippen molar-refractivity contribution in [2.45, 2.75) is 52.0 Å². The van der Waals surface area contributed by atoms with Gasteiger partial charge in [0.2, 0.25) is 17.6 Å². The first-order valence-electron chi connectivity index (χ1n) is 8.62. The molecule has 25 heavy (non-hydrogen) atoms. The van der Waals surface area contributed by atoms with Crippen molar-refractivity contribution in [1.29, 1.82) is 0 Å². The summed E-state index contributed by atoms with van der Waals surface area (Å²) in [6.07, 6.45) is 3.55. The molecule has 0 spiro atoms. The van der Waals surface area contributed by atoms with Crippen molar-refractivity contribution in [3.05, 3.63) is 35.5 Å². The molecule has 0 fully saturated rings. The van der Waals surface area contributed by atoms with Gasteiger partial charge in [-0.25, -0.2) is 4.39 Å². The quantitative estimate of drug-likeness (QED) is 0.727. The topological polar surface area (TPSA) is 94.0 Å². The molecule has 0 aliphatic carbocycles. The maximum Gasteiger partial charge on any atom is 0.227 e. The number of carbonyl (C=O) groups excluding carboxylic acids is 1. The van der Waals surface area contributed by atoms with E-state index in [4.69, 9.17) is 10.3 Å². The lowest BCUT2D eigenvalue weighted by Crippen LogP contribution is -2.40. The van der Waals surface area contributed by atoms with Gasteiger partial charge in [0.15, 0.2) is 0 Å². The molecule has 1 unspecified atom stereocenters. The lowest BCUT2D eigenvalue weighted by molar-refractivity contribution is -0.121. The Hall–Kier alpha value is -2.28. The largest absolute Gasteiger partial charge is 0.352 e. The Balaban J connectivity index is 1.88. The number of aromatic nitrogens is 2. The lowest BCUT2D eigenvalue weighted by Gasteiger charge is -2.15. The molecule has 0 saturated heterocycles. The number of hydrogen-bond donors (Lipinski definition) is 2. The van der Waals surface area contributed by atoms with Crippen LogP contribution in [0.4, 0.5) is 4.39 Å². The van der Waals surface area contributed by atoms with Gasteiger partial charge in [0.25, 0.3) is 0 Å². The first-order valence-corrected chi connectivity index (χ1v) is 8.62. The summed E-state index contributed by atoms with van der Waals surface area (Å²) in [5.41, 5.74) is 6.78. The van der Waals surface area contributed by atoms with Crippen LogP contribution in [0.25, 0.3) is 11.4 Å². The van der Waals surface area contributed by atoms with E-state index in [0.717, 1.165) is 19.3 Å². The highest BCUT2D eigenvalue weighted by Gasteiger charge is 2.14. The van der Waals surface area contributed by atoms with E-state index < -0.39 is 0 Å². The molecule has 0 saturated carbocycles. The number of rotatable bonds is 9. The minimum Gasteiger partial charge on any atom is -0.352 e. The SMILES string of the molecule is CCCCC(CN)NC(=O)CCc1nc(-c2ccc(C)c(F)c2)no1. The van der Waals surface area contributed by atoms with Crippen LogP contribution >= 0.6 is 0 Å². The summed E-state index contributed by atoms with van der Waals surface area (Å²) < 4.78 is 18.8. The summed E-state index contributed by atoms with van der Waals surface area (Å²) in [7, 11) is 0. The molecule has 7 heteroatoms. The van der Waals surface area contributed by atoms with E-state index in [1.165, 1.54) is 6.07 Å². The number of benzene rings is 1. The van der Waals surface area contributed by atoms with Crippen LogP contribution in [0.5, 0.6) is 0 Å². The van der Waals surface area contributed by atoms with Gasteiger partial charge in [0, 0.05) is 31.0 Å². The van der Waals surface area contributed by atoms with Crippen molar-refractivity contribution in [1.82, 2.24) is 15.5 Å². The van der Waals surface area contributed by atoms with E-state index >= 15 is 0 Å². The Morgan fingerprint density at radius 1 is 1.44 bits per heavy atom. The number of nitrogens with two attached hydrogens (primary N) is 1. The Bertz CT molecular complexity index is 702. The van der Waals surface area contributed by atoms with Crippen LogP contribution < -0.4 is 11.1 Å². The van der Waals surface area contributed by atoms with E-state index in [0.29, 0.717) is 35.8 Å². The van der Waals surface area contributed by atoms with Crippen LogP contribution in [0.1, 0.15) is 44.1 Å². The average molecular weight is 348 g/mol. The van der Waals surface area contributed by atoms with E-state index in [2.05, 4.69) is 22.4 Å². The van der Waals surface area contributed by atoms with Gasteiger partial charge in [-0.15, -0.1) is 0 Å². The zero-order valence-electron chi connectivity index (χ0n) is 14.7. The third-order valence-corrected chi connectivity index (χ3v) is 4.02. The van der Waals surface area contributed by atoms with Gasteiger partial charge in [0.05, 0.1) is 0 Å². The second-order valence-electron chi connectivity index (χ2n) is 6.12. The van der Waals surface area contributed by atoms with Gasteiger partial charge in [-0.1, -0.05) is 37.1 Å². The Labute approximate surface area is 147 Å². The highest BCUT2D eigenvalue weighted by molar-refractivity contribution is 5.76. The van der Waals surface area contributed by atoms with Crippen LogP contribution in [0.2, 0.25) is 0 Å². The van der Waals surface area contributed by atoms with Crippen LogP contribution in [0, 0.1) is 12.7 Å². The van der Waals surface area contributed by atoms with Gasteiger partial charge >= 0.3 is 0 Å². The number of amides is 1. The van der Waals surface area contributed by atoms with Gasteiger partial charge < -0.3 is 15.6 Å². The number of unbranched alkanes of at least 4 members (excludes halogenated alkanes) is 1. The Morgan fingerprint density at radius 2 is 2.24 bits per heavy atom. The maximum absolute atomic E-state index is 13.6. The highest BCUT2D eigenvalue weighted by atomic mass is 19.1. The van der Waals surface area contributed by atoms with Crippen LogP contribution in [0.15, 0.2) is 22.7 Å². The number of halogens is 1. The molecular formula is C18H25FN4O2. The molecule has 2 aromatic rings. The third kappa shape index (κ3) is 5.63. The van der Waals surface area contributed by atoms with Crippen molar-refractivity contribution in [2.75, 3.05) is 6.54 Å². The fraction of sp³-hybridized carbons (Fsp3) is 0.500. The number of nitrogens with zero attached hydrogens (tertiary/aromatic N) is 2. The minimum absolute atomic E-state index is 0.00114. The molecule has 6 nitrogen and oxygen atoms in total. The molecule has 0 radical (unpaired) electrons. The summed E-state index contributed by atoms with van der Waals surface area (Å²) in [5, 5.41) is 6.77. The first kappa shape index (κ1) is 19.1. The summed E-state index contributed by atoms with van der Waals surface area (Å²) in [4.78, 5) is 16.2. The second kappa shape index (κ2) is 9.27. The molecule has 3 N–H and O–H groups in total. The Morgan fingerprint density at radius 3 is 2.92 bits per heavy atom. The van der Waals surface area contributed by atoms with Crippen molar-refractivity contribution in [2.24, 2.45) is 5.73 Å². The first-order chi connectivity index (χ1) is 12.0. The zero-order valence-corrected chi connectivity index (χ0v) is 14.7. The maximum atomic E-state index is 13.6. The lowest BCUT2D eigenvalue weighted by atomic mass is 10.1. The van der Waals surface area contributed by atoms with Crippen LogP contribution in [-0.2, 0) is 11.2 Å². The predicted octanol–water partition coefficient (Wildman–Crippen LogP) is 2.75. The van der Waals surface area contributed by atoms with E-state index in [9.17, 15) is 9.18 Å². The monoisotopic (exact) mass is 348 g/mol. The van der Waals surface area contributed by atoms with Crippen molar-refractivity contribution in [3.8, 4) is 11.4 Å². The van der Waals surface area contributed by atoms with Gasteiger partial charge in [0.1, 0.15) is 5.82 Å². The number of aryl methyl sites for hydroxylation is 2. The second-order valence-corrected chi connectivity index (χ2v) is 6.12. The molecule has 0 bridgehead atoms. The molecule has 1 atom stereocenters. The Kier molecular flexibility index (Phi) is 7.06. The zero-order chi connectivity index (χ0) is 18.2. The molecule has 0 aliphatic rings. The van der Waals surface area contributed by atoms with Gasteiger partial charge in [-0.05, 0) is 25.0 Å². The summed E-state index contributed by atoms with van der Waals surface area (Å²) in [6, 6.07) is 4.77. The smallest absolute Gasteiger partial charge is 0.227 e. The van der Waals surface area contributed by atoms with Crippen LogP contribution in [0.3, 0.4) is 0 Å². The highest BCUT2D eigenvalue weighted by Crippen LogP contribution is 2.19. The number of hydrogen-bond acceptors (Lipinski definition) is 5. The fourth-order valence-electron chi connectivity index (χ4n) is 2.43. The van der Waals surface area contributed by atoms with E-state index in [-0.39, 0.29) is 24.2 Å². The molecule has 0 aliphatic heterocycles. The minimum atomic E-state index is -0.317. The third-order valence-electron chi connectivity index (χ3n) is 4.02. The number of carbonyl (C=O) groups is 1. The van der Waals surface area contributed by atoms with Gasteiger partial charge in [-0.2, -0.15) is 4.98 Å². The molecular weight excluding hydrogens is 323 g/mol. The summed E-state index contributed by atoms with van der Waals surface area (Å²) in [5.74, 6) is 0.261. The molecule has 136 valence electrons. The molecule has 1 aromatic heterocycles.